The maximum absolute atomic E-state index is 11.0. The van der Waals surface area contributed by atoms with Gasteiger partial charge in [0.25, 0.3) is 0 Å². The van der Waals surface area contributed by atoms with E-state index in [0.717, 1.165) is 16.8 Å². The van der Waals surface area contributed by atoms with Crippen molar-refractivity contribution in [3.8, 4) is 0 Å². The van der Waals surface area contributed by atoms with E-state index in [1.165, 1.54) is 11.2 Å². The maximum Gasteiger partial charge on any atom is 0.407 e. The van der Waals surface area contributed by atoms with Crippen LogP contribution in [-0.4, -0.2) is 43.8 Å². The van der Waals surface area contributed by atoms with Crippen LogP contribution in [0.3, 0.4) is 0 Å². The molecule has 2 aromatic rings. The first-order valence-electron chi connectivity index (χ1n) is 5.92. The van der Waals surface area contributed by atoms with Crippen LogP contribution >= 0.6 is 0 Å². The van der Waals surface area contributed by atoms with E-state index < -0.39 is 6.09 Å². The maximum atomic E-state index is 11.0. The van der Waals surface area contributed by atoms with Crippen molar-refractivity contribution >= 4 is 23.0 Å². The summed E-state index contributed by atoms with van der Waals surface area (Å²) in [5, 5.41) is 13.2. The molecule has 7 heteroatoms. The summed E-state index contributed by atoms with van der Waals surface area (Å²) in [4.78, 5) is 16.4. The van der Waals surface area contributed by atoms with Gasteiger partial charge in [0.1, 0.15) is 11.8 Å². The van der Waals surface area contributed by atoms with Crippen molar-refractivity contribution in [2.75, 3.05) is 18.8 Å². The van der Waals surface area contributed by atoms with E-state index in [9.17, 15) is 4.79 Å². The number of nitrogens with zero attached hydrogens (tertiary/aromatic N) is 4. The molecular formula is C12H13N5O2. The molecule has 0 spiro atoms. The zero-order valence-electron chi connectivity index (χ0n) is 10.2. The van der Waals surface area contributed by atoms with E-state index in [4.69, 9.17) is 10.8 Å². The Bertz CT molecular complexity index is 676. The summed E-state index contributed by atoms with van der Waals surface area (Å²) in [6.07, 6.45) is 3.24. The van der Waals surface area contributed by atoms with Gasteiger partial charge in [-0.05, 0) is 24.1 Å². The Morgan fingerprint density at radius 1 is 1.42 bits per heavy atom. The highest BCUT2D eigenvalue weighted by atomic mass is 16.4. The Labute approximate surface area is 109 Å². The molecule has 0 fully saturated rings. The quantitative estimate of drug-likeness (QED) is 0.798. The van der Waals surface area contributed by atoms with E-state index in [1.54, 1.807) is 4.52 Å². The summed E-state index contributed by atoms with van der Waals surface area (Å²) in [5.74, 6) is 0.410. The van der Waals surface area contributed by atoms with Crippen LogP contribution in [-0.2, 0) is 0 Å². The molecule has 0 saturated carbocycles. The molecule has 0 saturated heterocycles. The minimum absolute atomic E-state index is 0.366. The molecular weight excluding hydrogens is 246 g/mol. The van der Waals surface area contributed by atoms with Crippen molar-refractivity contribution in [1.82, 2.24) is 19.5 Å². The fourth-order valence-electron chi connectivity index (χ4n) is 2.29. The number of nitrogen functional groups attached to an aromatic ring is 1. The van der Waals surface area contributed by atoms with Gasteiger partial charge in [0.2, 0.25) is 0 Å². The number of carboxylic acid groups (broad SMARTS) is 1. The molecule has 0 radical (unpaired) electrons. The molecule has 0 aliphatic carbocycles. The van der Waals surface area contributed by atoms with E-state index >= 15 is 0 Å². The smallest absolute Gasteiger partial charge is 0.407 e. The van der Waals surface area contributed by atoms with Gasteiger partial charge < -0.3 is 15.7 Å². The first kappa shape index (κ1) is 11.5. The normalized spacial score (nSPS) is 15.6. The Morgan fingerprint density at radius 3 is 3.05 bits per heavy atom. The largest absolute Gasteiger partial charge is 0.465 e. The number of hydrogen-bond acceptors (Lipinski definition) is 4. The van der Waals surface area contributed by atoms with Crippen molar-refractivity contribution in [3.63, 3.8) is 0 Å². The van der Waals surface area contributed by atoms with Gasteiger partial charge in [-0.15, -0.1) is 0 Å². The van der Waals surface area contributed by atoms with E-state index in [2.05, 4.69) is 10.1 Å². The zero-order valence-corrected chi connectivity index (χ0v) is 10.2. The van der Waals surface area contributed by atoms with Gasteiger partial charge in [-0.3, -0.25) is 0 Å². The Balaban J connectivity index is 2.03. The highest BCUT2D eigenvalue weighted by molar-refractivity contribution is 5.76. The molecule has 0 aromatic carbocycles. The minimum Gasteiger partial charge on any atom is -0.465 e. The predicted octanol–water partition coefficient (Wildman–Crippen LogP) is 1.08. The third kappa shape index (κ3) is 1.88. The highest BCUT2D eigenvalue weighted by Gasteiger charge is 2.20. The van der Waals surface area contributed by atoms with Crippen molar-refractivity contribution < 1.29 is 9.90 Å². The fourth-order valence-corrected chi connectivity index (χ4v) is 2.29. The lowest BCUT2D eigenvalue weighted by Crippen LogP contribution is -2.34. The van der Waals surface area contributed by atoms with Crippen LogP contribution in [0.5, 0.6) is 0 Å². The van der Waals surface area contributed by atoms with Crippen molar-refractivity contribution in [2.45, 2.75) is 6.42 Å². The fraction of sp³-hybridized carbons (Fsp3) is 0.250. The molecule has 0 atom stereocenters. The lowest BCUT2D eigenvalue weighted by Gasteiger charge is -2.24. The first-order chi connectivity index (χ1) is 9.16. The molecule has 2 aromatic heterocycles. The average molecular weight is 259 g/mol. The molecule has 98 valence electrons. The van der Waals surface area contributed by atoms with E-state index in [-0.39, 0.29) is 0 Å². The predicted molar refractivity (Wildman–Crippen MR) is 69.6 cm³/mol. The van der Waals surface area contributed by atoms with Crippen molar-refractivity contribution in [2.24, 2.45) is 0 Å². The Morgan fingerprint density at radius 2 is 2.26 bits per heavy atom. The second kappa shape index (κ2) is 4.27. The summed E-state index contributed by atoms with van der Waals surface area (Å²) < 4.78 is 1.69. The van der Waals surface area contributed by atoms with Gasteiger partial charge in [0.05, 0.1) is 12.2 Å². The number of amides is 1. The molecule has 19 heavy (non-hydrogen) atoms. The van der Waals surface area contributed by atoms with Gasteiger partial charge >= 0.3 is 6.09 Å². The third-order valence-electron chi connectivity index (χ3n) is 3.23. The second-order valence-electron chi connectivity index (χ2n) is 4.38. The lowest BCUT2D eigenvalue weighted by molar-refractivity contribution is 0.150. The van der Waals surface area contributed by atoms with Gasteiger partial charge in [-0.1, -0.05) is 6.08 Å². The SMILES string of the molecule is Nc1ncnn2c(C3=CCCN(C(=O)O)C3)ccc12. The Kier molecular flexibility index (Phi) is 2.59. The van der Waals surface area contributed by atoms with Gasteiger partial charge in [0.15, 0.2) is 5.82 Å². The molecule has 1 aliphatic heterocycles. The topological polar surface area (TPSA) is 96.8 Å². The van der Waals surface area contributed by atoms with Crippen LogP contribution in [0.4, 0.5) is 10.6 Å². The minimum atomic E-state index is -0.902. The first-order valence-corrected chi connectivity index (χ1v) is 5.92. The van der Waals surface area contributed by atoms with Crippen LogP contribution in [0, 0.1) is 0 Å². The highest BCUT2D eigenvalue weighted by Crippen LogP contribution is 2.23. The number of fused-ring (bicyclic) bond motifs is 1. The molecule has 3 heterocycles. The number of carbonyl (C=O) groups is 1. The molecule has 3 rings (SSSR count). The third-order valence-corrected chi connectivity index (χ3v) is 3.23. The van der Waals surface area contributed by atoms with Crippen LogP contribution in [0.15, 0.2) is 24.5 Å². The monoisotopic (exact) mass is 259 g/mol. The summed E-state index contributed by atoms with van der Waals surface area (Å²) in [7, 11) is 0. The van der Waals surface area contributed by atoms with Gasteiger partial charge in [0, 0.05) is 6.54 Å². The second-order valence-corrected chi connectivity index (χ2v) is 4.38. The van der Waals surface area contributed by atoms with E-state index in [0.29, 0.717) is 25.3 Å². The molecule has 7 nitrogen and oxygen atoms in total. The number of hydrogen-bond donors (Lipinski definition) is 2. The average Bonchev–Trinajstić information content (AvgIpc) is 2.84. The van der Waals surface area contributed by atoms with Crippen molar-refractivity contribution in [3.05, 3.63) is 30.2 Å². The molecule has 0 bridgehead atoms. The van der Waals surface area contributed by atoms with Crippen LogP contribution < -0.4 is 5.73 Å². The van der Waals surface area contributed by atoms with Crippen LogP contribution in [0.1, 0.15) is 12.1 Å². The van der Waals surface area contributed by atoms with Crippen molar-refractivity contribution in [1.29, 1.82) is 0 Å². The standard InChI is InChI=1S/C12H13N5O2/c13-11-10-4-3-9(17(10)15-7-14-11)8-2-1-5-16(6-8)12(18)19/h2-4,7H,1,5-6H2,(H,18,19)(H2,13,14,15). The molecule has 0 unspecified atom stereocenters. The summed E-state index contributed by atoms with van der Waals surface area (Å²) >= 11 is 0. The zero-order chi connectivity index (χ0) is 13.4. The van der Waals surface area contributed by atoms with Gasteiger partial charge in [-0.25, -0.2) is 14.3 Å². The number of nitrogens with two attached hydrogens (primary N) is 1. The summed E-state index contributed by atoms with van der Waals surface area (Å²) in [5.41, 5.74) is 8.30. The molecule has 1 aliphatic rings. The number of aromatic nitrogens is 3. The van der Waals surface area contributed by atoms with Crippen LogP contribution in [0.25, 0.3) is 11.1 Å². The Hall–Kier alpha value is -2.57. The number of rotatable bonds is 1. The lowest BCUT2D eigenvalue weighted by atomic mass is 10.1. The number of anilines is 1. The van der Waals surface area contributed by atoms with Crippen LogP contribution in [0.2, 0.25) is 0 Å². The van der Waals surface area contributed by atoms with E-state index in [1.807, 2.05) is 18.2 Å². The van der Waals surface area contributed by atoms with Gasteiger partial charge in [-0.2, -0.15) is 5.10 Å². The summed E-state index contributed by atoms with van der Waals surface area (Å²) in [6.45, 7) is 0.893. The molecule has 1 amide bonds. The molecule has 3 N–H and O–H groups in total. The summed E-state index contributed by atoms with van der Waals surface area (Å²) in [6, 6.07) is 3.72.